The molecule has 1 aliphatic heterocycles. The maximum absolute atomic E-state index is 12.4. The molecule has 134 valence electrons. The van der Waals surface area contributed by atoms with Crippen molar-refractivity contribution >= 4 is 17.9 Å². The molecule has 0 unspecified atom stereocenters. The Balaban J connectivity index is 1.79. The molecule has 1 atom stereocenters. The van der Waals surface area contributed by atoms with E-state index in [-0.39, 0.29) is 22.9 Å². The number of hydrogen-bond donors (Lipinski definition) is 3. The third-order valence-electron chi connectivity index (χ3n) is 4.51. The largest absolute Gasteiger partial charge is 0.347 e. The van der Waals surface area contributed by atoms with Crippen molar-refractivity contribution in [1.29, 1.82) is 0 Å². The van der Waals surface area contributed by atoms with E-state index in [0.29, 0.717) is 12.1 Å². The summed E-state index contributed by atoms with van der Waals surface area (Å²) < 4.78 is 0. The van der Waals surface area contributed by atoms with Crippen LogP contribution in [-0.4, -0.2) is 27.8 Å². The molecule has 2 amide bonds. The van der Waals surface area contributed by atoms with Crippen LogP contribution in [0.3, 0.4) is 0 Å². The van der Waals surface area contributed by atoms with Crippen molar-refractivity contribution in [3.05, 3.63) is 72.0 Å². The highest BCUT2D eigenvalue weighted by Gasteiger charge is 2.30. The molecule has 26 heavy (non-hydrogen) atoms. The monoisotopic (exact) mass is 350 g/mol. The van der Waals surface area contributed by atoms with E-state index in [1.54, 1.807) is 18.5 Å². The SMILES string of the molecule is C=CC(C)(C)c1[nH]cnc1/C=C1/NC(=O)[C@H](Cc2ccccc2)NC1=O. The van der Waals surface area contributed by atoms with Crippen molar-refractivity contribution in [3.63, 3.8) is 0 Å². The average Bonchev–Trinajstić information content (AvgIpc) is 3.09. The van der Waals surface area contributed by atoms with E-state index in [4.69, 9.17) is 0 Å². The minimum Gasteiger partial charge on any atom is -0.347 e. The van der Waals surface area contributed by atoms with Gasteiger partial charge in [-0.15, -0.1) is 6.58 Å². The number of carbonyl (C=O) groups excluding carboxylic acids is 2. The van der Waals surface area contributed by atoms with Crippen molar-refractivity contribution in [2.75, 3.05) is 0 Å². The molecule has 0 aliphatic carbocycles. The number of amides is 2. The van der Waals surface area contributed by atoms with Crippen LogP contribution < -0.4 is 10.6 Å². The fourth-order valence-corrected chi connectivity index (χ4v) is 2.84. The Labute approximate surface area is 152 Å². The van der Waals surface area contributed by atoms with Crippen molar-refractivity contribution in [2.45, 2.75) is 31.7 Å². The van der Waals surface area contributed by atoms with E-state index in [1.165, 1.54) is 0 Å². The predicted octanol–water partition coefficient (Wildman–Crippen LogP) is 2.07. The maximum atomic E-state index is 12.4. The number of allylic oxidation sites excluding steroid dienone is 1. The average molecular weight is 350 g/mol. The molecule has 0 bridgehead atoms. The number of benzene rings is 1. The van der Waals surface area contributed by atoms with Gasteiger partial charge in [0, 0.05) is 11.8 Å². The number of nitrogens with one attached hydrogen (secondary N) is 3. The van der Waals surface area contributed by atoms with Gasteiger partial charge in [-0.25, -0.2) is 4.98 Å². The Morgan fingerprint density at radius 1 is 1.23 bits per heavy atom. The molecule has 0 radical (unpaired) electrons. The van der Waals surface area contributed by atoms with Crippen LogP contribution in [0, 0.1) is 0 Å². The quantitative estimate of drug-likeness (QED) is 0.570. The van der Waals surface area contributed by atoms with Gasteiger partial charge in [-0.1, -0.05) is 50.3 Å². The van der Waals surface area contributed by atoms with E-state index in [0.717, 1.165) is 11.3 Å². The van der Waals surface area contributed by atoms with Gasteiger partial charge in [0.15, 0.2) is 0 Å². The van der Waals surface area contributed by atoms with E-state index >= 15 is 0 Å². The number of aromatic amines is 1. The lowest BCUT2D eigenvalue weighted by Gasteiger charge is -2.25. The zero-order valence-corrected chi connectivity index (χ0v) is 14.9. The summed E-state index contributed by atoms with van der Waals surface area (Å²) in [6, 6.07) is 8.99. The summed E-state index contributed by atoms with van der Waals surface area (Å²) in [6.07, 6.45) is 5.40. The predicted molar refractivity (Wildman–Crippen MR) is 100 cm³/mol. The summed E-state index contributed by atoms with van der Waals surface area (Å²) in [4.78, 5) is 32.2. The van der Waals surface area contributed by atoms with Crippen molar-refractivity contribution in [3.8, 4) is 0 Å². The van der Waals surface area contributed by atoms with Gasteiger partial charge in [-0.05, 0) is 11.6 Å². The lowest BCUT2D eigenvalue weighted by atomic mass is 9.88. The van der Waals surface area contributed by atoms with Crippen LogP contribution in [0.25, 0.3) is 6.08 Å². The van der Waals surface area contributed by atoms with Crippen molar-refractivity contribution in [1.82, 2.24) is 20.6 Å². The molecular formula is C20H22N4O2. The normalized spacial score (nSPS) is 19.2. The summed E-state index contributed by atoms with van der Waals surface area (Å²) in [6.45, 7) is 7.82. The van der Waals surface area contributed by atoms with Gasteiger partial charge in [0.25, 0.3) is 5.91 Å². The van der Waals surface area contributed by atoms with Crippen LogP contribution in [0.5, 0.6) is 0 Å². The summed E-state index contributed by atoms with van der Waals surface area (Å²) in [5.74, 6) is -0.560. The summed E-state index contributed by atoms with van der Waals surface area (Å²) in [5, 5.41) is 5.47. The first-order chi connectivity index (χ1) is 12.4. The van der Waals surface area contributed by atoms with Gasteiger partial charge in [0.05, 0.1) is 17.7 Å². The Kier molecular flexibility index (Phi) is 4.75. The summed E-state index contributed by atoms with van der Waals surface area (Å²) in [5.41, 5.74) is 2.26. The van der Waals surface area contributed by atoms with Gasteiger partial charge in [-0.3, -0.25) is 9.59 Å². The fraction of sp³-hybridized carbons (Fsp3) is 0.250. The number of rotatable bonds is 5. The zero-order chi connectivity index (χ0) is 18.7. The van der Waals surface area contributed by atoms with E-state index < -0.39 is 6.04 Å². The van der Waals surface area contributed by atoms with Crippen LogP contribution in [0.4, 0.5) is 0 Å². The van der Waals surface area contributed by atoms with Gasteiger partial charge in [0.2, 0.25) is 5.91 Å². The second-order valence-corrected chi connectivity index (χ2v) is 6.85. The van der Waals surface area contributed by atoms with E-state index in [1.807, 2.05) is 44.2 Å². The van der Waals surface area contributed by atoms with E-state index in [9.17, 15) is 9.59 Å². The highest BCUT2D eigenvalue weighted by Crippen LogP contribution is 2.26. The number of nitrogens with zero attached hydrogens (tertiary/aromatic N) is 1. The lowest BCUT2D eigenvalue weighted by Crippen LogP contribution is -2.55. The van der Waals surface area contributed by atoms with Crippen LogP contribution in [0.1, 0.15) is 30.8 Å². The molecule has 2 aromatic rings. The molecule has 1 saturated heterocycles. The first-order valence-corrected chi connectivity index (χ1v) is 8.45. The Bertz CT molecular complexity index is 865. The van der Waals surface area contributed by atoms with Gasteiger partial charge in [0.1, 0.15) is 11.7 Å². The maximum Gasteiger partial charge on any atom is 0.268 e. The Morgan fingerprint density at radius 2 is 1.96 bits per heavy atom. The second-order valence-electron chi connectivity index (χ2n) is 6.85. The van der Waals surface area contributed by atoms with Crippen LogP contribution in [0.15, 0.2) is 55.0 Å². The number of aromatic nitrogens is 2. The van der Waals surface area contributed by atoms with Gasteiger partial charge in [-0.2, -0.15) is 0 Å². The lowest BCUT2D eigenvalue weighted by molar-refractivity contribution is -0.131. The minimum absolute atomic E-state index is 0.188. The Hall–Kier alpha value is -3.15. The second kappa shape index (κ2) is 7.00. The molecule has 1 aliphatic rings. The van der Waals surface area contributed by atoms with Gasteiger partial charge < -0.3 is 15.6 Å². The van der Waals surface area contributed by atoms with Crippen LogP contribution >= 0.6 is 0 Å². The van der Waals surface area contributed by atoms with E-state index in [2.05, 4.69) is 27.2 Å². The number of hydrogen-bond acceptors (Lipinski definition) is 3. The molecule has 0 saturated carbocycles. The third kappa shape index (κ3) is 3.59. The third-order valence-corrected chi connectivity index (χ3v) is 4.51. The molecule has 1 fully saturated rings. The van der Waals surface area contributed by atoms with Crippen LogP contribution in [-0.2, 0) is 21.4 Å². The van der Waals surface area contributed by atoms with Crippen LogP contribution in [0.2, 0.25) is 0 Å². The molecule has 6 heteroatoms. The molecule has 6 nitrogen and oxygen atoms in total. The highest BCUT2D eigenvalue weighted by atomic mass is 16.2. The zero-order valence-electron chi connectivity index (χ0n) is 14.9. The number of piperazine rings is 1. The molecule has 0 spiro atoms. The molecule has 3 N–H and O–H groups in total. The Morgan fingerprint density at radius 3 is 2.65 bits per heavy atom. The molecule has 3 rings (SSSR count). The molecule has 1 aromatic carbocycles. The fourth-order valence-electron chi connectivity index (χ4n) is 2.84. The number of imidazole rings is 1. The topological polar surface area (TPSA) is 86.9 Å². The van der Waals surface area contributed by atoms with Crippen molar-refractivity contribution < 1.29 is 9.59 Å². The number of carbonyl (C=O) groups is 2. The smallest absolute Gasteiger partial charge is 0.268 e. The highest BCUT2D eigenvalue weighted by molar-refractivity contribution is 6.07. The summed E-state index contributed by atoms with van der Waals surface area (Å²) in [7, 11) is 0. The molecule has 2 heterocycles. The molecule has 1 aromatic heterocycles. The molecular weight excluding hydrogens is 328 g/mol. The summed E-state index contributed by atoms with van der Waals surface area (Å²) >= 11 is 0. The number of H-pyrrole nitrogens is 1. The minimum atomic E-state index is -0.592. The van der Waals surface area contributed by atoms with Crippen molar-refractivity contribution in [2.24, 2.45) is 0 Å². The first-order valence-electron chi connectivity index (χ1n) is 8.45. The standard InChI is InChI=1S/C20H22N4O2/c1-4-20(2,3)17-14(21-12-22-17)11-16-19(26)23-15(18(25)24-16)10-13-8-6-5-7-9-13/h4-9,11-12,15H,1,10H2,2-3H3,(H,21,22)(H,23,26)(H,24,25)/b16-11+/t15-/m0/s1. The first kappa shape index (κ1) is 17.7. The van der Waals surface area contributed by atoms with Gasteiger partial charge >= 0.3 is 0 Å².